The molecule has 3 nitrogen and oxygen atoms in total. The lowest BCUT2D eigenvalue weighted by molar-refractivity contribution is 0.398. The molecule has 5 heteroatoms. The average molecular weight is 224 g/mol. The zero-order valence-corrected chi connectivity index (χ0v) is 7.43. The maximum Gasteiger partial charge on any atom is 0.138 e. The van der Waals surface area contributed by atoms with Gasteiger partial charge in [0.1, 0.15) is 5.50 Å². The van der Waals surface area contributed by atoms with Crippen molar-refractivity contribution in [1.29, 1.82) is 0 Å². The van der Waals surface area contributed by atoms with E-state index in [9.17, 15) is 0 Å². The van der Waals surface area contributed by atoms with E-state index in [-0.39, 0.29) is 5.50 Å². The van der Waals surface area contributed by atoms with E-state index in [1.807, 2.05) is 0 Å². The third-order valence-electron chi connectivity index (χ3n) is 1.14. The van der Waals surface area contributed by atoms with Crippen molar-refractivity contribution in [2.75, 3.05) is 0 Å². The minimum Gasteiger partial charge on any atom is -0.398 e. The lowest BCUT2D eigenvalue weighted by Crippen LogP contribution is -2.34. The van der Waals surface area contributed by atoms with Crippen LogP contribution in [0.2, 0.25) is 0 Å². The molecule has 0 aromatic rings. The van der Waals surface area contributed by atoms with Crippen LogP contribution < -0.4 is 11.6 Å². The van der Waals surface area contributed by atoms with E-state index in [1.54, 1.807) is 12.3 Å². The molecule has 0 amide bonds. The number of nitrogens with zero attached hydrogens (tertiary/aromatic N) is 1. The van der Waals surface area contributed by atoms with Crippen molar-refractivity contribution >= 4 is 27.5 Å². The van der Waals surface area contributed by atoms with E-state index < -0.39 is 0 Å². The Morgan fingerprint density at radius 3 is 2.80 bits per heavy atom. The van der Waals surface area contributed by atoms with E-state index in [0.717, 1.165) is 4.48 Å². The van der Waals surface area contributed by atoms with Crippen LogP contribution in [0.15, 0.2) is 22.5 Å². The van der Waals surface area contributed by atoms with Gasteiger partial charge in [-0.3, -0.25) is 5.01 Å². The van der Waals surface area contributed by atoms with Crippen LogP contribution >= 0.6 is 27.5 Å². The third-order valence-corrected chi connectivity index (χ3v) is 2.15. The van der Waals surface area contributed by atoms with Crippen molar-refractivity contribution in [2.45, 2.75) is 5.50 Å². The number of allylic oxidation sites excluding steroid dienone is 1. The maximum atomic E-state index is 5.71. The Labute approximate surface area is 72.4 Å². The Morgan fingerprint density at radius 2 is 2.30 bits per heavy atom. The van der Waals surface area contributed by atoms with E-state index >= 15 is 0 Å². The summed E-state index contributed by atoms with van der Waals surface area (Å²) in [6.07, 6.45) is 3.29. The van der Waals surface area contributed by atoms with Crippen LogP contribution in [0.25, 0.3) is 0 Å². The summed E-state index contributed by atoms with van der Waals surface area (Å²) in [5.74, 6) is 5.43. The molecule has 0 saturated heterocycles. The highest BCUT2D eigenvalue weighted by molar-refractivity contribution is 9.11. The molecule has 1 atom stereocenters. The lowest BCUT2D eigenvalue weighted by atomic mass is 10.3. The van der Waals surface area contributed by atoms with Gasteiger partial charge >= 0.3 is 0 Å². The molecule has 1 aliphatic heterocycles. The van der Waals surface area contributed by atoms with E-state index in [4.69, 9.17) is 23.2 Å². The highest BCUT2D eigenvalue weighted by Gasteiger charge is 2.13. The van der Waals surface area contributed by atoms with Crippen molar-refractivity contribution in [3.8, 4) is 0 Å². The van der Waals surface area contributed by atoms with Gasteiger partial charge in [0.25, 0.3) is 0 Å². The number of hydrogen-bond donors (Lipinski definition) is 2. The first-order valence-corrected chi connectivity index (χ1v) is 3.86. The number of nitrogens with two attached hydrogens (primary N) is 2. The normalized spacial score (nSPS) is 25.9. The maximum absolute atomic E-state index is 5.71. The Balaban J connectivity index is 2.83. The fourth-order valence-electron chi connectivity index (χ4n) is 0.590. The Kier molecular flexibility index (Phi) is 2.23. The molecular weight excluding hydrogens is 217 g/mol. The van der Waals surface area contributed by atoms with Crippen LogP contribution in [-0.2, 0) is 0 Å². The van der Waals surface area contributed by atoms with Crippen LogP contribution in [0.5, 0.6) is 0 Å². The first-order valence-electron chi connectivity index (χ1n) is 2.63. The molecule has 0 aromatic heterocycles. The molecule has 0 radical (unpaired) electrons. The summed E-state index contributed by atoms with van der Waals surface area (Å²) < 4.78 is 0.756. The van der Waals surface area contributed by atoms with Gasteiger partial charge in [-0.2, -0.15) is 0 Å². The summed E-state index contributed by atoms with van der Waals surface area (Å²) in [6.45, 7) is 0. The largest absolute Gasteiger partial charge is 0.398 e. The smallest absolute Gasteiger partial charge is 0.138 e. The number of rotatable bonds is 0. The van der Waals surface area contributed by atoms with Gasteiger partial charge in [0.2, 0.25) is 0 Å². The molecular formula is C5H7BrClN3. The minimum atomic E-state index is -0.346. The Morgan fingerprint density at radius 1 is 1.70 bits per heavy atom. The standard InChI is InChI=1S/C5H7BrClN3/c6-3-2-10(9)5(7)1-4(3)8/h1-2,5H,8-9H2. The number of halogens is 2. The second-order valence-corrected chi connectivity index (χ2v) is 3.22. The van der Waals surface area contributed by atoms with Crippen molar-refractivity contribution in [3.63, 3.8) is 0 Å². The van der Waals surface area contributed by atoms with Crippen LogP contribution in [-0.4, -0.2) is 10.5 Å². The monoisotopic (exact) mass is 223 g/mol. The molecule has 1 rings (SSSR count). The highest BCUT2D eigenvalue weighted by atomic mass is 79.9. The van der Waals surface area contributed by atoms with Crippen molar-refractivity contribution < 1.29 is 0 Å². The number of alkyl halides is 1. The fraction of sp³-hybridized carbons (Fsp3) is 0.200. The van der Waals surface area contributed by atoms with Gasteiger partial charge in [0.05, 0.1) is 4.48 Å². The Hall–Kier alpha value is -0.190. The number of hydrazine groups is 1. The van der Waals surface area contributed by atoms with Crippen LogP contribution in [0.3, 0.4) is 0 Å². The van der Waals surface area contributed by atoms with Crippen molar-refractivity contribution in [3.05, 3.63) is 22.5 Å². The third kappa shape index (κ3) is 1.45. The minimum absolute atomic E-state index is 0.346. The zero-order valence-electron chi connectivity index (χ0n) is 5.09. The molecule has 1 aliphatic rings. The molecule has 0 saturated carbocycles. The van der Waals surface area contributed by atoms with E-state index in [2.05, 4.69) is 15.9 Å². The predicted octanol–water partition coefficient (Wildman–Crippen LogP) is 0.820. The summed E-state index contributed by atoms with van der Waals surface area (Å²) in [6, 6.07) is 0. The first-order chi connectivity index (χ1) is 4.61. The topological polar surface area (TPSA) is 55.3 Å². The zero-order chi connectivity index (χ0) is 7.72. The van der Waals surface area contributed by atoms with Gasteiger partial charge in [-0.25, -0.2) is 5.84 Å². The fourth-order valence-corrected chi connectivity index (χ4v) is 1.15. The van der Waals surface area contributed by atoms with E-state index in [0.29, 0.717) is 5.70 Å². The molecule has 56 valence electrons. The predicted molar refractivity (Wildman–Crippen MR) is 44.9 cm³/mol. The van der Waals surface area contributed by atoms with Gasteiger partial charge in [-0.05, 0) is 22.0 Å². The highest BCUT2D eigenvalue weighted by Crippen LogP contribution is 2.20. The number of hydrogen-bond acceptors (Lipinski definition) is 3. The molecule has 0 aromatic carbocycles. The summed E-state index contributed by atoms with van der Waals surface area (Å²) >= 11 is 8.92. The molecule has 10 heavy (non-hydrogen) atoms. The van der Waals surface area contributed by atoms with Crippen LogP contribution in [0.1, 0.15) is 0 Å². The molecule has 0 fully saturated rings. The molecule has 0 spiro atoms. The molecule has 0 bridgehead atoms. The second-order valence-electron chi connectivity index (χ2n) is 1.92. The van der Waals surface area contributed by atoms with Gasteiger partial charge < -0.3 is 5.73 Å². The van der Waals surface area contributed by atoms with Gasteiger partial charge in [0.15, 0.2) is 0 Å². The van der Waals surface area contributed by atoms with Crippen LogP contribution in [0, 0.1) is 0 Å². The van der Waals surface area contributed by atoms with Crippen molar-refractivity contribution in [2.24, 2.45) is 11.6 Å². The quantitative estimate of drug-likeness (QED) is 0.364. The lowest BCUT2D eigenvalue weighted by Gasteiger charge is -2.22. The Bertz CT molecular complexity index is 179. The summed E-state index contributed by atoms with van der Waals surface area (Å²) in [5.41, 5.74) is 5.78. The molecule has 1 heterocycles. The SMILES string of the molecule is NC1=CC(Cl)N(N)C=C1Br. The van der Waals surface area contributed by atoms with Crippen LogP contribution in [0.4, 0.5) is 0 Å². The van der Waals surface area contributed by atoms with Gasteiger partial charge in [0, 0.05) is 11.9 Å². The second kappa shape index (κ2) is 2.82. The molecule has 4 N–H and O–H groups in total. The summed E-state index contributed by atoms with van der Waals surface area (Å²) in [5, 5.41) is 1.36. The molecule has 1 unspecified atom stereocenters. The van der Waals surface area contributed by atoms with Gasteiger partial charge in [-0.1, -0.05) is 11.6 Å². The molecule has 0 aliphatic carbocycles. The van der Waals surface area contributed by atoms with Crippen molar-refractivity contribution in [1.82, 2.24) is 5.01 Å². The average Bonchev–Trinajstić information content (AvgIpc) is 1.84. The first kappa shape index (κ1) is 7.91. The van der Waals surface area contributed by atoms with Gasteiger partial charge in [-0.15, -0.1) is 0 Å². The summed E-state index contributed by atoms with van der Waals surface area (Å²) in [7, 11) is 0. The summed E-state index contributed by atoms with van der Waals surface area (Å²) in [4.78, 5) is 0. The van der Waals surface area contributed by atoms with E-state index in [1.165, 1.54) is 5.01 Å².